The molecule has 11 heteroatoms. The molecule has 0 bridgehead atoms. The van der Waals surface area contributed by atoms with Crippen LogP contribution in [0.2, 0.25) is 0 Å². The Balaban J connectivity index is 1.67. The predicted octanol–water partition coefficient (Wildman–Crippen LogP) is 3.92. The fraction of sp³-hybridized carbons (Fsp3) is 0.333. The van der Waals surface area contributed by atoms with Crippen LogP contribution in [-0.4, -0.2) is 33.0 Å². The number of thiazole rings is 2. The molecule has 0 unspecified atom stereocenters. The van der Waals surface area contributed by atoms with E-state index >= 15 is 0 Å². The van der Waals surface area contributed by atoms with Gasteiger partial charge in [-0.25, -0.2) is 19.9 Å². The maximum atomic E-state index is 12.8. The molecule has 0 spiro atoms. The second-order valence-electron chi connectivity index (χ2n) is 5.75. The van der Waals surface area contributed by atoms with Crippen molar-refractivity contribution < 1.29 is 13.2 Å². The van der Waals surface area contributed by atoms with Gasteiger partial charge in [0.05, 0.1) is 5.69 Å². The van der Waals surface area contributed by atoms with Crippen LogP contribution in [0.25, 0.3) is 22.2 Å². The van der Waals surface area contributed by atoms with Crippen molar-refractivity contribution in [3.8, 4) is 22.2 Å². The van der Waals surface area contributed by atoms with E-state index in [1.165, 1.54) is 11.3 Å². The molecule has 1 fully saturated rings. The number of hydrogen-bond acceptors (Lipinski definition) is 8. The molecule has 0 amide bonds. The van der Waals surface area contributed by atoms with Crippen LogP contribution in [0.4, 0.5) is 24.1 Å². The van der Waals surface area contributed by atoms with Gasteiger partial charge in [-0.05, 0) is 12.8 Å². The van der Waals surface area contributed by atoms with Crippen molar-refractivity contribution in [2.45, 2.75) is 19.0 Å². The molecule has 0 aromatic carbocycles. The quantitative estimate of drug-likeness (QED) is 0.720. The van der Waals surface area contributed by atoms with Gasteiger partial charge in [0.2, 0.25) is 0 Å². The summed E-state index contributed by atoms with van der Waals surface area (Å²) in [6, 6.07) is 1.56. The third kappa shape index (κ3) is 3.36. The lowest BCUT2D eigenvalue weighted by Gasteiger charge is -2.12. The van der Waals surface area contributed by atoms with E-state index in [0.717, 1.165) is 47.8 Å². The normalized spacial score (nSPS) is 15.0. The Morgan fingerprint density at radius 3 is 2.42 bits per heavy atom. The molecular weight excluding hydrogens is 385 g/mol. The van der Waals surface area contributed by atoms with Gasteiger partial charge < -0.3 is 10.6 Å². The van der Waals surface area contributed by atoms with Gasteiger partial charge in [-0.3, -0.25) is 0 Å². The Morgan fingerprint density at radius 2 is 1.73 bits per heavy atom. The van der Waals surface area contributed by atoms with Gasteiger partial charge in [0, 0.05) is 29.9 Å². The monoisotopic (exact) mass is 398 g/mol. The molecule has 6 nitrogen and oxygen atoms in total. The van der Waals surface area contributed by atoms with Gasteiger partial charge in [0.25, 0.3) is 0 Å². The van der Waals surface area contributed by atoms with Crippen molar-refractivity contribution in [3.63, 3.8) is 0 Å². The van der Waals surface area contributed by atoms with E-state index in [2.05, 4.69) is 24.8 Å². The lowest BCUT2D eigenvalue weighted by molar-refractivity contribution is -0.140. The number of nitrogens with zero attached hydrogens (tertiary/aromatic N) is 5. The molecule has 4 rings (SSSR count). The Kier molecular flexibility index (Phi) is 4.27. The van der Waals surface area contributed by atoms with Crippen LogP contribution in [0.3, 0.4) is 0 Å². The second-order valence-corrected chi connectivity index (χ2v) is 7.44. The molecule has 26 heavy (non-hydrogen) atoms. The van der Waals surface area contributed by atoms with E-state index in [4.69, 9.17) is 5.73 Å². The lowest BCUT2D eigenvalue weighted by Crippen LogP contribution is -2.17. The molecule has 0 saturated carbocycles. The molecule has 4 heterocycles. The van der Waals surface area contributed by atoms with Crippen molar-refractivity contribution in [1.29, 1.82) is 0 Å². The minimum absolute atomic E-state index is 0.0659. The van der Waals surface area contributed by atoms with E-state index in [9.17, 15) is 13.2 Å². The fourth-order valence-electron chi connectivity index (χ4n) is 2.64. The van der Waals surface area contributed by atoms with Crippen molar-refractivity contribution in [1.82, 2.24) is 19.9 Å². The standard InChI is InChI=1S/C15H13F3N6S2/c16-15(17,18)10-7-25-13(22-10)12-20-8(5-11(19)23-12)9-6-26-14(21-9)24-3-1-2-4-24/h5-7H,1-4H2,(H2,19,20,23). The number of hydrogen-bond donors (Lipinski definition) is 1. The molecule has 2 N–H and O–H groups in total. The van der Waals surface area contributed by atoms with Crippen LogP contribution >= 0.6 is 22.7 Å². The predicted molar refractivity (Wildman–Crippen MR) is 95.1 cm³/mol. The first-order chi connectivity index (χ1) is 12.4. The molecule has 1 saturated heterocycles. The van der Waals surface area contributed by atoms with Crippen LogP contribution in [0.5, 0.6) is 0 Å². The van der Waals surface area contributed by atoms with Crippen molar-refractivity contribution in [2.75, 3.05) is 23.7 Å². The highest BCUT2D eigenvalue weighted by Gasteiger charge is 2.34. The smallest absolute Gasteiger partial charge is 0.384 e. The molecule has 3 aromatic rings. The Bertz CT molecular complexity index is 930. The van der Waals surface area contributed by atoms with E-state index in [1.54, 1.807) is 6.07 Å². The summed E-state index contributed by atoms with van der Waals surface area (Å²) >= 11 is 2.34. The fourth-order valence-corrected chi connectivity index (χ4v) is 4.27. The summed E-state index contributed by atoms with van der Waals surface area (Å²) in [4.78, 5) is 18.7. The Morgan fingerprint density at radius 1 is 0.962 bits per heavy atom. The molecule has 1 aliphatic rings. The zero-order chi connectivity index (χ0) is 18.3. The maximum absolute atomic E-state index is 12.8. The first-order valence-corrected chi connectivity index (χ1v) is 9.54. The number of aromatic nitrogens is 4. The van der Waals surface area contributed by atoms with Crippen LogP contribution in [-0.2, 0) is 6.18 Å². The Labute approximate surface area is 154 Å². The van der Waals surface area contributed by atoms with Crippen LogP contribution in [0.15, 0.2) is 16.8 Å². The van der Waals surface area contributed by atoms with Gasteiger partial charge in [0.1, 0.15) is 11.5 Å². The molecule has 0 aliphatic carbocycles. The van der Waals surface area contributed by atoms with E-state index < -0.39 is 11.9 Å². The summed E-state index contributed by atoms with van der Waals surface area (Å²) in [5.41, 5.74) is 5.96. The average molecular weight is 398 g/mol. The number of halogens is 3. The minimum atomic E-state index is -4.50. The molecule has 1 aliphatic heterocycles. The molecule has 136 valence electrons. The largest absolute Gasteiger partial charge is 0.434 e. The summed E-state index contributed by atoms with van der Waals surface area (Å²) in [6.45, 7) is 1.95. The molecule has 3 aromatic heterocycles. The second kappa shape index (κ2) is 6.47. The summed E-state index contributed by atoms with van der Waals surface area (Å²) in [6.07, 6.45) is -2.21. The summed E-state index contributed by atoms with van der Waals surface area (Å²) in [5, 5.41) is 3.78. The maximum Gasteiger partial charge on any atom is 0.434 e. The molecular formula is C15H13F3N6S2. The number of alkyl halides is 3. The van der Waals surface area contributed by atoms with E-state index in [1.807, 2.05) is 5.38 Å². The van der Waals surface area contributed by atoms with Crippen molar-refractivity contribution >= 4 is 33.6 Å². The minimum Gasteiger partial charge on any atom is -0.384 e. The van der Waals surface area contributed by atoms with Crippen LogP contribution < -0.4 is 10.6 Å². The summed E-state index contributed by atoms with van der Waals surface area (Å²) in [7, 11) is 0. The van der Waals surface area contributed by atoms with E-state index in [0.29, 0.717) is 11.4 Å². The van der Waals surface area contributed by atoms with Gasteiger partial charge in [-0.2, -0.15) is 13.2 Å². The zero-order valence-electron chi connectivity index (χ0n) is 13.3. The van der Waals surface area contributed by atoms with Crippen molar-refractivity contribution in [2.24, 2.45) is 0 Å². The van der Waals surface area contributed by atoms with Crippen LogP contribution in [0.1, 0.15) is 18.5 Å². The Hall–Kier alpha value is -2.27. The lowest BCUT2D eigenvalue weighted by atomic mass is 10.3. The topological polar surface area (TPSA) is 80.8 Å². The number of anilines is 2. The molecule has 0 atom stereocenters. The molecule has 0 radical (unpaired) electrons. The van der Waals surface area contributed by atoms with Gasteiger partial charge in [0.15, 0.2) is 21.7 Å². The van der Waals surface area contributed by atoms with Crippen LogP contribution in [0, 0.1) is 0 Å². The first-order valence-electron chi connectivity index (χ1n) is 7.78. The van der Waals surface area contributed by atoms with Gasteiger partial charge >= 0.3 is 6.18 Å². The highest BCUT2D eigenvalue weighted by molar-refractivity contribution is 7.14. The highest BCUT2D eigenvalue weighted by atomic mass is 32.1. The third-order valence-electron chi connectivity index (χ3n) is 3.86. The van der Waals surface area contributed by atoms with Gasteiger partial charge in [-0.1, -0.05) is 0 Å². The van der Waals surface area contributed by atoms with E-state index in [-0.39, 0.29) is 16.6 Å². The average Bonchev–Trinajstić information content (AvgIpc) is 3.32. The number of rotatable bonds is 3. The number of nitrogens with two attached hydrogens (primary N) is 1. The first kappa shape index (κ1) is 17.2. The SMILES string of the molecule is Nc1cc(-c2csc(N3CCCC3)n2)nc(-c2nc(C(F)(F)F)cs2)n1. The number of nitrogen functional groups attached to an aromatic ring is 1. The van der Waals surface area contributed by atoms with Crippen molar-refractivity contribution in [3.05, 3.63) is 22.5 Å². The zero-order valence-corrected chi connectivity index (χ0v) is 15.0. The van der Waals surface area contributed by atoms with Gasteiger partial charge in [-0.15, -0.1) is 22.7 Å². The summed E-state index contributed by atoms with van der Waals surface area (Å²) < 4.78 is 38.3. The summed E-state index contributed by atoms with van der Waals surface area (Å²) in [5.74, 6) is 0.223. The third-order valence-corrected chi connectivity index (χ3v) is 5.60. The highest BCUT2D eigenvalue weighted by Crippen LogP contribution is 2.34.